The van der Waals surface area contributed by atoms with E-state index in [0.717, 1.165) is 11.3 Å². The fraction of sp³-hybridized carbons (Fsp3) is 0.333. The maximum Gasteiger partial charge on any atom is 0.124 e. The third-order valence-electron chi connectivity index (χ3n) is 1.49. The zero-order valence-corrected chi connectivity index (χ0v) is 6.95. The molecule has 0 radical (unpaired) electrons. The van der Waals surface area contributed by atoms with Gasteiger partial charge < -0.3 is 14.9 Å². The van der Waals surface area contributed by atoms with E-state index in [9.17, 15) is 5.26 Å². The standard InChI is InChI=1S/C9H12O3/c1-2-11-9-6-4-3-5-8(9)7-12-10/h3-6,10H,2,7H2,1H3/p-1. The van der Waals surface area contributed by atoms with E-state index < -0.39 is 0 Å². The smallest absolute Gasteiger partial charge is 0.124 e. The molecule has 1 rings (SSSR count). The molecule has 3 heteroatoms. The van der Waals surface area contributed by atoms with Crippen molar-refractivity contribution in [3.63, 3.8) is 0 Å². The molecule has 3 nitrogen and oxygen atoms in total. The molecule has 0 aliphatic heterocycles. The minimum absolute atomic E-state index is 0.0518. The molecule has 0 spiro atoms. The molecule has 0 saturated carbocycles. The number of hydrogen-bond acceptors (Lipinski definition) is 3. The van der Waals surface area contributed by atoms with Gasteiger partial charge in [-0.1, -0.05) is 18.2 Å². The molecule has 0 aliphatic carbocycles. The molecular formula is C9H11O3-. The highest BCUT2D eigenvalue weighted by Gasteiger charge is 1.98. The average Bonchev–Trinajstić information content (AvgIpc) is 2.09. The lowest BCUT2D eigenvalue weighted by Gasteiger charge is -2.11. The van der Waals surface area contributed by atoms with Crippen LogP contribution in [0.5, 0.6) is 5.75 Å². The third kappa shape index (κ3) is 2.22. The topological polar surface area (TPSA) is 41.5 Å². The lowest BCUT2D eigenvalue weighted by molar-refractivity contribution is -0.695. The Morgan fingerprint density at radius 2 is 2.08 bits per heavy atom. The highest BCUT2D eigenvalue weighted by atomic mass is 17.1. The number of para-hydroxylation sites is 1. The number of ether oxygens (including phenoxy) is 1. The van der Waals surface area contributed by atoms with Crippen molar-refractivity contribution in [1.29, 1.82) is 0 Å². The summed E-state index contributed by atoms with van der Waals surface area (Å²) < 4.78 is 5.27. The first-order valence-corrected chi connectivity index (χ1v) is 3.84. The molecule has 0 fully saturated rings. The average molecular weight is 167 g/mol. The van der Waals surface area contributed by atoms with E-state index in [1.54, 1.807) is 0 Å². The number of rotatable bonds is 4. The molecule has 0 amide bonds. The third-order valence-corrected chi connectivity index (χ3v) is 1.49. The molecular weight excluding hydrogens is 156 g/mol. The Labute approximate surface area is 71.5 Å². The highest BCUT2D eigenvalue weighted by molar-refractivity contribution is 5.32. The van der Waals surface area contributed by atoms with Crippen LogP contribution in [0.2, 0.25) is 0 Å². The van der Waals surface area contributed by atoms with Gasteiger partial charge in [0.05, 0.1) is 13.2 Å². The van der Waals surface area contributed by atoms with E-state index in [4.69, 9.17) is 4.74 Å². The van der Waals surface area contributed by atoms with Crippen molar-refractivity contribution in [2.24, 2.45) is 0 Å². The molecule has 0 saturated heterocycles. The van der Waals surface area contributed by atoms with E-state index in [-0.39, 0.29) is 6.61 Å². The number of hydrogen-bond donors (Lipinski definition) is 0. The van der Waals surface area contributed by atoms with Crippen LogP contribution in [-0.4, -0.2) is 6.61 Å². The molecule has 0 aromatic heterocycles. The molecule has 0 unspecified atom stereocenters. The van der Waals surface area contributed by atoms with Crippen LogP contribution in [0.15, 0.2) is 24.3 Å². The van der Waals surface area contributed by atoms with Crippen molar-refractivity contribution in [3.05, 3.63) is 29.8 Å². The van der Waals surface area contributed by atoms with Crippen molar-refractivity contribution < 1.29 is 14.9 Å². The van der Waals surface area contributed by atoms with Crippen LogP contribution in [0.3, 0.4) is 0 Å². The van der Waals surface area contributed by atoms with Crippen LogP contribution >= 0.6 is 0 Å². The van der Waals surface area contributed by atoms with Crippen molar-refractivity contribution in [2.45, 2.75) is 13.5 Å². The Morgan fingerprint density at radius 1 is 1.33 bits per heavy atom. The Morgan fingerprint density at radius 3 is 2.75 bits per heavy atom. The fourth-order valence-electron chi connectivity index (χ4n) is 0.983. The summed E-state index contributed by atoms with van der Waals surface area (Å²) in [6.07, 6.45) is 0. The summed E-state index contributed by atoms with van der Waals surface area (Å²) in [5, 5.41) is 9.90. The maximum atomic E-state index is 9.90. The second-order valence-electron chi connectivity index (χ2n) is 2.30. The first-order chi connectivity index (χ1) is 5.88. The van der Waals surface area contributed by atoms with E-state index in [1.165, 1.54) is 0 Å². The lowest BCUT2D eigenvalue weighted by atomic mass is 10.2. The zero-order chi connectivity index (χ0) is 8.81. The maximum absolute atomic E-state index is 9.90. The van der Waals surface area contributed by atoms with E-state index >= 15 is 0 Å². The van der Waals surface area contributed by atoms with Gasteiger partial charge >= 0.3 is 0 Å². The van der Waals surface area contributed by atoms with Gasteiger partial charge in [0.2, 0.25) is 0 Å². The van der Waals surface area contributed by atoms with Crippen LogP contribution in [0, 0.1) is 0 Å². The van der Waals surface area contributed by atoms with E-state index in [0.29, 0.717) is 6.61 Å². The first-order valence-electron chi connectivity index (χ1n) is 3.84. The van der Waals surface area contributed by atoms with Gasteiger partial charge in [-0.2, -0.15) is 0 Å². The quantitative estimate of drug-likeness (QED) is 0.493. The summed E-state index contributed by atoms with van der Waals surface area (Å²) in [4.78, 5) is 3.78. The summed E-state index contributed by atoms with van der Waals surface area (Å²) >= 11 is 0. The van der Waals surface area contributed by atoms with Crippen LogP contribution in [-0.2, 0) is 11.5 Å². The molecule has 12 heavy (non-hydrogen) atoms. The summed E-state index contributed by atoms with van der Waals surface area (Å²) in [7, 11) is 0. The highest BCUT2D eigenvalue weighted by Crippen LogP contribution is 2.17. The van der Waals surface area contributed by atoms with Gasteiger partial charge in [0.1, 0.15) is 5.75 Å². The fourth-order valence-corrected chi connectivity index (χ4v) is 0.983. The van der Waals surface area contributed by atoms with Gasteiger partial charge in [0, 0.05) is 5.56 Å². The Balaban J connectivity index is 2.77. The Kier molecular flexibility index (Phi) is 3.57. The van der Waals surface area contributed by atoms with Crippen LogP contribution in [0.25, 0.3) is 0 Å². The van der Waals surface area contributed by atoms with Gasteiger partial charge in [-0.05, 0) is 13.0 Å². The van der Waals surface area contributed by atoms with Gasteiger partial charge in [0.25, 0.3) is 0 Å². The Bertz CT molecular complexity index is 210. The van der Waals surface area contributed by atoms with Crippen LogP contribution < -0.4 is 9.99 Å². The van der Waals surface area contributed by atoms with E-state index in [1.807, 2.05) is 31.2 Å². The summed E-state index contributed by atoms with van der Waals surface area (Å²) in [5.41, 5.74) is 0.786. The molecule has 0 bridgehead atoms. The molecule has 66 valence electrons. The summed E-state index contributed by atoms with van der Waals surface area (Å²) in [5.74, 6) is 0.718. The Hall–Kier alpha value is -1.06. The summed E-state index contributed by atoms with van der Waals surface area (Å²) in [6, 6.07) is 7.33. The predicted octanol–water partition coefficient (Wildman–Crippen LogP) is 0.877. The van der Waals surface area contributed by atoms with Gasteiger partial charge in [0.15, 0.2) is 0 Å². The second-order valence-corrected chi connectivity index (χ2v) is 2.30. The first kappa shape index (κ1) is 9.03. The monoisotopic (exact) mass is 167 g/mol. The van der Waals surface area contributed by atoms with Crippen LogP contribution in [0.1, 0.15) is 12.5 Å². The minimum atomic E-state index is 0.0518. The lowest BCUT2D eigenvalue weighted by Crippen LogP contribution is -2.06. The van der Waals surface area contributed by atoms with Gasteiger partial charge in [-0.15, -0.1) is 0 Å². The second kappa shape index (κ2) is 4.74. The SMILES string of the molecule is CCOc1ccccc1CO[O-]. The van der Waals surface area contributed by atoms with Crippen molar-refractivity contribution in [3.8, 4) is 5.75 Å². The zero-order valence-electron chi connectivity index (χ0n) is 6.95. The van der Waals surface area contributed by atoms with Crippen molar-refractivity contribution >= 4 is 0 Å². The van der Waals surface area contributed by atoms with Crippen molar-refractivity contribution in [2.75, 3.05) is 6.61 Å². The molecule has 0 aliphatic rings. The summed E-state index contributed by atoms with van der Waals surface area (Å²) in [6.45, 7) is 2.54. The minimum Gasteiger partial charge on any atom is -0.723 e. The van der Waals surface area contributed by atoms with E-state index in [2.05, 4.69) is 4.89 Å². The van der Waals surface area contributed by atoms with Crippen molar-refractivity contribution in [1.82, 2.24) is 0 Å². The molecule has 0 heterocycles. The van der Waals surface area contributed by atoms with Gasteiger partial charge in [-0.25, -0.2) is 0 Å². The largest absolute Gasteiger partial charge is 0.723 e. The number of benzene rings is 1. The predicted molar refractivity (Wildman–Crippen MR) is 42.4 cm³/mol. The molecule has 1 aromatic rings. The van der Waals surface area contributed by atoms with Gasteiger partial charge in [-0.3, -0.25) is 0 Å². The molecule has 1 aromatic carbocycles. The normalized spacial score (nSPS) is 9.83. The van der Waals surface area contributed by atoms with Crippen LogP contribution in [0.4, 0.5) is 0 Å². The molecule has 0 atom stereocenters. The molecule has 0 N–H and O–H groups in total.